The van der Waals surface area contributed by atoms with E-state index in [1.807, 2.05) is 6.92 Å². The zero-order valence-corrected chi connectivity index (χ0v) is 21.9. The number of phenolic OH excluding ortho intramolecular Hbond substituents is 1. The monoisotopic (exact) mass is 488 g/mol. The Labute approximate surface area is 208 Å². The maximum absolute atomic E-state index is 11.6. The number of esters is 1. The quantitative estimate of drug-likeness (QED) is 0.422. The number of rotatable bonds is 4. The number of phenols is 1. The van der Waals surface area contributed by atoms with Crippen molar-refractivity contribution < 1.29 is 34.3 Å². The molecule has 0 amide bonds. The molecular formula is C28H40O7. The van der Waals surface area contributed by atoms with Crippen LogP contribution in [0.1, 0.15) is 101 Å². The molecule has 0 aromatic heterocycles. The van der Waals surface area contributed by atoms with Crippen LogP contribution in [0.3, 0.4) is 0 Å². The molecule has 1 saturated heterocycles. The Morgan fingerprint density at radius 1 is 1.03 bits per heavy atom. The molecule has 2 aliphatic carbocycles. The van der Waals surface area contributed by atoms with E-state index in [9.17, 15) is 20.1 Å². The van der Waals surface area contributed by atoms with E-state index in [1.165, 1.54) is 23.6 Å². The Bertz CT molecular complexity index is 1010. The van der Waals surface area contributed by atoms with Gasteiger partial charge in [0.25, 0.3) is 0 Å². The van der Waals surface area contributed by atoms with E-state index in [-0.39, 0.29) is 17.6 Å². The summed E-state index contributed by atoms with van der Waals surface area (Å²) in [5.74, 6) is 1.04. The van der Waals surface area contributed by atoms with Crippen LogP contribution in [0.25, 0.3) is 0 Å². The maximum Gasteiger partial charge on any atom is 0.303 e. The lowest BCUT2D eigenvalue weighted by molar-refractivity contribution is -0.272. The topological polar surface area (TPSA) is 105 Å². The van der Waals surface area contributed by atoms with Gasteiger partial charge in [0.2, 0.25) is 6.29 Å². The van der Waals surface area contributed by atoms with Crippen LogP contribution < -0.4 is 4.74 Å². The lowest BCUT2D eigenvalue weighted by atomic mass is 9.62. The minimum Gasteiger partial charge on any atom is -0.504 e. The number of hydrogen-bond donors (Lipinski definition) is 3. The standard InChI is InChI=1S/C28H40O7/c1-12(2)10-18-11-14(4)19-9-8-13(3)20-22(19)21(18)15(5)23(30)26(20)35-28-25(32)27(34-17(7)29)24(31)16(6)33-28/h10,13-14,16,18-19,24-25,27-28,30-32H,8-9,11H2,1-7H3/t13-,14-,16?,18-,19+,24?,25?,27?,28?/m1/s1. The molecule has 35 heavy (non-hydrogen) atoms. The molecule has 0 radical (unpaired) electrons. The zero-order valence-electron chi connectivity index (χ0n) is 21.9. The second-order valence-electron chi connectivity index (χ2n) is 11.1. The van der Waals surface area contributed by atoms with E-state index in [4.69, 9.17) is 14.2 Å². The summed E-state index contributed by atoms with van der Waals surface area (Å²) >= 11 is 0. The molecule has 1 aliphatic heterocycles. The summed E-state index contributed by atoms with van der Waals surface area (Å²) in [7, 11) is 0. The van der Waals surface area contributed by atoms with Crippen LogP contribution in [0, 0.1) is 12.8 Å². The minimum atomic E-state index is -1.42. The number of aliphatic hydroxyl groups is 2. The summed E-state index contributed by atoms with van der Waals surface area (Å²) in [6.07, 6.45) is -0.334. The van der Waals surface area contributed by atoms with Crippen LogP contribution >= 0.6 is 0 Å². The summed E-state index contributed by atoms with van der Waals surface area (Å²) in [6.45, 7) is 13.5. The molecular weight excluding hydrogens is 448 g/mol. The number of aromatic hydroxyl groups is 1. The van der Waals surface area contributed by atoms with Crippen molar-refractivity contribution in [1.29, 1.82) is 0 Å². The van der Waals surface area contributed by atoms with Crippen LogP contribution in [-0.4, -0.2) is 52.0 Å². The second kappa shape index (κ2) is 9.75. The molecule has 1 aromatic rings. The molecule has 5 unspecified atom stereocenters. The van der Waals surface area contributed by atoms with E-state index in [0.717, 1.165) is 30.4 Å². The number of benzene rings is 1. The predicted molar refractivity (Wildman–Crippen MR) is 132 cm³/mol. The van der Waals surface area contributed by atoms with Gasteiger partial charge in [-0.25, -0.2) is 0 Å². The van der Waals surface area contributed by atoms with E-state index in [1.54, 1.807) is 6.92 Å². The van der Waals surface area contributed by atoms with Crippen molar-refractivity contribution >= 4 is 5.97 Å². The first kappa shape index (κ1) is 26.0. The Kier molecular flexibility index (Phi) is 7.24. The number of carbonyl (C=O) groups is 1. The van der Waals surface area contributed by atoms with Gasteiger partial charge in [-0.15, -0.1) is 0 Å². The third-order valence-electron chi connectivity index (χ3n) is 8.11. The van der Waals surface area contributed by atoms with Crippen molar-refractivity contribution in [3.63, 3.8) is 0 Å². The Morgan fingerprint density at radius 2 is 1.71 bits per heavy atom. The van der Waals surface area contributed by atoms with E-state index < -0.39 is 36.7 Å². The molecule has 0 spiro atoms. The Hall–Kier alpha value is -2.09. The van der Waals surface area contributed by atoms with Gasteiger partial charge in [0.05, 0.1) is 6.10 Å². The highest BCUT2D eigenvalue weighted by molar-refractivity contribution is 5.66. The number of ether oxygens (including phenoxy) is 3. The fraction of sp³-hybridized carbons (Fsp3) is 0.679. The lowest BCUT2D eigenvalue weighted by Gasteiger charge is -2.45. The van der Waals surface area contributed by atoms with Crippen molar-refractivity contribution in [3.05, 3.63) is 33.9 Å². The average molecular weight is 489 g/mol. The zero-order chi connectivity index (χ0) is 25.8. The van der Waals surface area contributed by atoms with Crippen LogP contribution in [0.2, 0.25) is 0 Å². The Morgan fingerprint density at radius 3 is 2.34 bits per heavy atom. The van der Waals surface area contributed by atoms with E-state index in [0.29, 0.717) is 17.6 Å². The molecule has 0 saturated carbocycles. The molecule has 0 bridgehead atoms. The van der Waals surface area contributed by atoms with Gasteiger partial charge in [-0.3, -0.25) is 4.79 Å². The fourth-order valence-corrected chi connectivity index (χ4v) is 6.45. The van der Waals surface area contributed by atoms with E-state index >= 15 is 0 Å². The Balaban J connectivity index is 1.82. The van der Waals surface area contributed by atoms with Crippen molar-refractivity contribution in [2.75, 3.05) is 0 Å². The summed E-state index contributed by atoms with van der Waals surface area (Å²) in [5, 5.41) is 32.8. The third kappa shape index (κ3) is 4.58. The fourth-order valence-electron chi connectivity index (χ4n) is 6.45. The summed E-state index contributed by atoms with van der Waals surface area (Å²) in [6, 6.07) is 0. The van der Waals surface area contributed by atoms with Gasteiger partial charge in [-0.1, -0.05) is 25.5 Å². The summed E-state index contributed by atoms with van der Waals surface area (Å²) < 4.78 is 17.3. The highest BCUT2D eigenvalue weighted by Gasteiger charge is 2.48. The predicted octanol–water partition coefficient (Wildman–Crippen LogP) is 4.55. The first-order chi connectivity index (χ1) is 16.4. The first-order valence-corrected chi connectivity index (χ1v) is 12.8. The van der Waals surface area contributed by atoms with Gasteiger partial charge in [0, 0.05) is 18.4 Å². The van der Waals surface area contributed by atoms with Crippen LogP contribution in [-0.2, 0) is 14.3 Å². The smallest absolute Gasteiger partial charge is 0.303 e. The molecule has 1 heterocycles. The van der Waals surface area contributed by atoms with Gasteiger partial charge in [0.15, 0.2) is 23.7 Å². The largest absolute Gasteiger partial charge is 0.504 e. The molecule has 3 aliphatic rings. The molecule has 7 heteroatoms. The lowest BCUT2D eigenvalue weighted by Crippen LogP contribution is -2.59. The summed E-state index contributed by atoms with van der Waals surface area (Å²) in [5.41, 5.74) is 5.50. The van der Waals surface area contributed by atoms with Gasteiger partial charge >= 0.3 is 5.97 Å². The first-order valence-electron chi connectivity index (χ1n) is 12.8. The molecule has 7 nitrogen and oxygen atoms in total. The van der Waals surface area contributed by atoms with Crippen molar-refractivity contribution in [3.8, 4) is 11.5 Å². The van der Waals surface area contributed by atoms with Crippen molar-refractivity contribution in [2.24, 2.45) is 5.92 Å². The SMILES string of the molecule is CC(=O)OC1C(O)C(C)OC(Oc2c(O)c(C)c3c4c2[C@H](C)CC[C@H]4[C@H](C)C[C@H]3C=C(C)C)C1O. The highest BCUT2D eigenvalue weighted by atomic mass is 16.7. The van der Waals surface area contributed by atoms with Crippen molar-refractivity contribution in [2.45, 2.75) is 116 Å². The highest BCUT2D eigenvalue weighted by Crippen LogP contribution is 2.58. The molecule has 4 rings (SSSR count). The van der Waals surface area contributed by atoms with E-state index in [2.05, 4.69) is 33.8 Å². The van der Waals surface area contributed by atoms with Crippen LogP contribution in [0.5, 0.6) is 11.5 Å². The molecule has 3 N–H and O–H groups in total. The summed E-state index contributed by atoms with van der Waals surface area (Å²) in [4.78, 5) is 11.6. The maximum atomic E-state index is 11.6. The number of allylic oxidation sites excluding steroid dienone is 2. The molecule has 194 valence electrons. The number of carbonyl (C=O) groups excluding carboxylic acids is 1. The number of aliphatic hydroxyl groups excluding tert-OH is 2. The van der Waals surface area contributed by atoms with Gasteiger partial charge in [0.1, 0.15) is 6.10 Å². The molecule has 9 atom stereocenters. The minimum absolute atomic E-state index is 0.0616. The molecule has 1 fully saturated rings. The van der Waals surface area contributed by atoms with Gasteiger partial charge in [-0.05, 0) is 81.4 Å². The van der Waals surface area contributed by atoms with Crippen LogP contribution in [0.4, 0.5) is 0 Å². The second-order valence-corrected chi connectivity index (χ2v) is 11.1. The van der Waals surface area contributed by atoms with Crippen molar-refractivity contribution in [1.82, 2.24) is 0 Å². The van der Waals surface area contributed by atoms with Gasteiger partial charge < -0.3 is 29.5 Å². The molecule has 1 aromatic carbocycles. The number of hydrogen-bond acceptors (Lipinski definition) is 7. The average Bonchev–Trinajstić information content (AvgIpc) is 2.76. The van der Waals surface area contributed by atoms with Crippen LogP contribution in [0.15, 0.2) is 11.6 Å². The third-order valence-corrected chi connectivity index (χ3v) is 8.11. The normalized spacial score (nSPS) is 36.2. The van der Waals surface area contributed by atoms with Gasteiger partial charge in [-0.2, -0.15) is 0 Å².